The van der Waals surface area contributed by atoms with Gasteiger partial charge in [-0.25, -0.2) is 9.18 Å². The van der Waals surface area contributed by atoms with Gasteiger partial charge < -0.3 is 24.5 Å². The van der Waals surface area contributed by atoms with E-state index in [4.69, 9.17) is 19.6 Å². The lowest BCUT2D eigenvalue weighted by atomic mass is 10.2. The van der Waals surface area contributed by atoms with Crippen LogP contribution in [0.1, 0.15) is 22.7 Å². The van der Waals surface area contributed by atoms with Gasteiger partial charge in [0.25, 0.3) is 5.91 Å². The molecule has 3 aromatic rings. The van der Waals surface area contributed by atoms with Gasteiger partial charge in [0.15, 0.2) is 6.61 Å². The van der Waals surface area contributed by atoms with E-state index in [0.29, 0.717) is 17.2 Å². The van der Waals surface area contributed by atoms with Crippen molar-refractivity contribution in [2.45, 2.75) is 13.0 Å². The van der Waals surface area contributed by atoms with Crippen molar-refractivity contribution in [2.75, 3.05) is 18.1 Å². The van der Waals surface area contributed by atoms with Crippen LogP contribution < -0.4 is 15.4 Å². The average Bonchev–Trinajstić information content (AvgIpc) is 3.27. The monoisotopic (exact) mass is 440 g/mol. The minimum atomic E-state index is -0.835. The van der Waals surface area contributed by atoms with Crippen molar-refractivity contribution < 1.29 is 32.7 Å². The highest BCUT2D eigenvalue weighted by atomic mass is 19.1. The quantitative estimate of drug-likeness (QED) is 0.485. The van der Waals surface area contributed by atoms with E-state index in [2.05, 4.69) is 0 Å². The van der Waals surface area contributed by atoms with E-state index in [1.807, 2.05) is 18.2 Å². The molecule has 0 aliphatic heterocycles. The highest BCUT2D eigenvalue weighted by molar-refractivity contribution is 5.97. The predicted molar refractivity (Wildman–Crippen MR) is 112 cm³/mol. The minimum absolute atomic E-state index is 0.0426. The Hall–Kier alpha value is -4.14. The summed E-state index contributed by atoms with van der Waals surface area (Å²) in [6.07, 6.45) is -0.111. The first-order valence-corrected chi connectivity index (χ1v) is 9.70. The van der Waals surface area contributed by atoms with Crippen molar-refractivity contribution >= 4 is 23.5 Å². The molecule has 0 atom stereocenters. The van der Waals surface area contributed by atoms with E-state index in [-0.39, 0.29) is 25.3 Å². The van der Waals surface area contributed by atoms with Gasteiger partial charge in [-0.15, -0.1) is 0 Å². The molecule has 0 unspecified atom stereocenters. The molecule has 0 aliphatic carbocycles. The van der Waals surface area contributed by atoms with Crippen LogP contribution in [0.2, 0.25) is 0 Å². The summed E-state index contributed by atoms with van der Waals surface area (Å²) in [5.74, 6) is -1.56. The zero-order chi connectivity index (χ0) is 22.9. The lowest BCUT2D eigenvalue weighted by Crippen LogP contribution is -2.37. The normalized spacial score (nSPS) is 10.4. The highest BCUT2D eigenvalue weighted by Crippen LogP contribution is 2.17. The van der Waals surface area contributed by atoms with Crippen molar-refractivity contribution in [3.05, 3.63) is 84.1 Å². The molecule has 0 aliphatic rings. The van der Waals surface area contributed by atoms with Crippen LogP contribution in [-0.2, 0) is 20.9 Å². The van der Waals surface area contributed by atoms with Gasteiger partial charge in [-0.05, 0) is 48.5 Å². The number of nitrogens with zero attached hydrogens (tertiary/aromatic N) is 1. The molecule has 2 amide bonds. The smallest absolute Gasteiger partial charge is 0.374 e. The number of carbonyl (C=O) groups is 3. The van der Waals surface area contributed by atoms with E-state index in [1.165, 1.54) is 35.2 Å². The third kappa shape index (κ3) is 6.43. The molecule has 2 aromatic carbocycles. The Balaban J connectivity index is 1.57. The molecule has 0 radical (unpaired) electrons. The Morgan fingerprint density at radius 2 is 1.69 bits per heavy atom. The first-order chi connectivity index (χ1) is 15.4. The molecule has 2 N–H and O–H groups in total. The van der Waals surface area contributed by atoms with E-state index in [9.17, 15) is 18.8 Å². The maximum atomic E-state index is 13.2. The summed E-state index contributed by atoms with van der Waals surface area (Å²) in [5, 5.41) is 0. The fraction of sp³-hybridized carbons (Fsp3) is 0.174. The number of anilines is 1. The van der Waals surface area contributed by atoms with E-state index in [0.717, 1.165) is 0 Å². The summed E-state index contributed by atoms with van der Waals surface area (Å²) in [6, 6.07) is 17.2. The van der Waals surface area contributed by atoms with Gasteiger partial charge in [0.1, 0.15) is 23.9 Å². The average molecular weight is 440 g/mol. The third-order valence-corrected chi connectivity index (χ3v) is 4.34. The highest BCUT2D eigenvalue weighted by Gasteiger charge is 2.20. The first kappa shape index (κ1) is 22.5. The van der Waals surface area contributed by atoms with Gasteiger partial charge in [-0.3, -0.25) is 9.59 Å². The van der Waals surface area contributed by atoms with Crippen LogP contribution in [0.5, 0.6) is 5.75 Å². The Morgan fingerprint density at radius 3 is 2.38 bits per heavy atom. The van der Waals surface area contributed by atoms with Crippen molar-refractivity contribution in [2.24, 2.45) is 5.73 Å². The molecule has 3 rings (SSSR count). The molecular weight excluding hydrogens is 419 g/mol. The van der Waals surface area contributed by atoms with Gasteiger partial charge in [-0.1, -0.05) is 18.2 Å². The number of carbonyl (C=O) groups excluding carboxylic acids is 3. The number of ether oxygens (including phenoxy) is 2. The van der Waals surface area contributed by atoms with Crippen LogP contribution in [-0.4, -0.2) is 30.9 Å². The Bertz CT molecular complexity index is 1070. The van der Waals surface area contributed by atoms with Gasteiger partial charge in [0.05, 0.1) is 0 Å². The maximum absolute atomic E-state index is 13.2. The molecule has 1 heterocycles. The molecule has 0 bridgehead atoms. The number of esters is 1. The summed E-state index contributed by atoms with van der Waals surface area (Å²) >= 11 is 0. The van der Waals surface area contributed by atoms with Crippen LogP contribution in [0.3, 0.4) is 0 Å². The number of nitrogens with two attached hydrogens (primary N) is 1. The van der Waals surface area contributed by atoms with Crippen molar-refractivity contribution in [3.8, 4) is 5.75 Å². The molecule has 8 nitrogen and oxygen atoms in total. The molecule has 1 aromatic heterocycles. The second-order valence-electron chi connectivity index (χ2n) is 6.68. The Labute approximate surface area is 183 Å². The molecule has 0 saturated heterocycles. The fourth-order valence-corrected chi connectivity index (χ4v) is 2.75. The van der Waals surface area contributed by atoms with Gasteiger partial charge >= 0.3 is 5.97 Å². The molecule has 9 heteroatoms. The number of furan rings is 1. The summed E-state index contributed by atoms with van der Waals surface area (Å²) in [5.41, 5.74) is 5.50. The third-order valence-electron chi connectivity index (χ3n) is 4.34. The van der Waals surface area contributed by atoms with Crippen LogP contribution in [0.4, 0.5) is 10.1 Å². The van der Waals surface area contributed by atoms with Gasteiger partial charge in [0, 0.05) is 18.7 Å². The topological polar surface area (TPSA) is 112 Å². The summed E-state index contributed by atoms with van der Waals surface area (Å²) in [4.78, 5) is 37.2. The number of hydrogen-bond acceptors (Lipinski definition) is 6. The SMILES string of the molecule is NC(=O)CCN(C(=O)COC(=O)c1ccc(COc2ccccc2)o1)c1ccc(F)cc1. The van der Waals surface area contributed by atoms with E-state index >= 15 is 0 Å². The molecule has 0 saturated carbocycles. The number of benzene rings is 2. The van der Waals surface area contributed by atoms with E-state index < -0.39 is 30.2 Å². The predicted octanol–water partition coefficient (Wildman–Crippen LogP) is 3.06. The number of rotatable bonds is 10. The molecule has 166 valence electrons. The van der Waals surface area contributed by atoms with Crippen LogP contribution in [0, 0.1) is 5.82 Å². The number of halogens is 1. The second kappa shape index (κ2) is 10.8. The summed E-state index contributed by atoms with van der Waals surface area (Å²) in [7, 11) is 0. The number of para-hydroxylation sites is 1. The summed E-state index contributed by atoms with van der Waals surface area (Å²) < 4.78 is 29.2. The van der Waals surface area contributed by atoms with Crippen LogP contribution in [0.15, 0.2) is 71.1 Å². The fourth-order valence-electron chi connectivity index (χ4n) is 2.75. The lowest BCUT2D eigenvalue weighted by Gasteiger charge is -2.22. The first-order valence-electron chi connectivity index (χ1n) is 9.70. The van der Waals surface area contributed by atoms with Crippen molar-refractivity contribution in [1.82, 2.24) is 0 Å². The van der Waals surface area contributed by atoms with Crippen molar-refractivity contribution in [1.29, 1.82) is 0 Å². The molecule has 32 heavy (non-hydrogen) atoms. The van der Waals surface area contributed by atoms with Gasteiger partial charge in [0.2, 0.25) is 11.7 Å². The number of primary amides is 1. The number of hydrogen-bond donors (Lipinski definition) is 1. The maximum Gasteiger partial charge on any atom is 0.374 e. The zero-order valence-corrected chi connectivity index (χ0v) is 17.0. The standard InChI is InChI=1S/C23H21FN2O6/c24-16-6-8-17(9-7-16)26(13-12-21(25)27)22(28)15-31-23(29)20-11-10-19(32-20)14-30-18-4-2-1-3-5-18/h1-11H,12-15H2,(H2,25,27). The largest absolute Gasteiger partial charge is 0.486 e. The van der Waals surface area contributed by atoms with Crippen LogP contribution in [0.25, 0.3) is 0 Å². The van der Waals surface area contributed by atoms with Crippen LogP contribution >= 0.6 is 0 Å². The Morgan fingerprint density at radius 1 is 0.969 bits per heavy atom. The molecular formula is C23H21FN2O6. The van der Waals surface area contributed by atoms with E-state index in [1.54, 1.807) is 18.2 Å². The summed E-state index contributed by atoms with van der Waals surface area (Å²) in [6.45, 7) is -0.535. The second-order valence-corrected chi connectivity index (χ2v) is 6.68. The van der Waals surface area contributed by atoms with Gasteiger partial charge in [-0.2, -0.15) is 0 Å². The minimum Gasteiger partial charge on any atom is -0.486 e. The number of amides is 2. The van der Waals surface area contributed by atoms with Crippen molar-refractivity contribution in [3.63, 3.8) is 0 Å². The molecule has 0 fully saturated rings. The lowest BCUT2D eigenvalue weighted by molar-refractivity contribution is -0.122. The molecule has 0 spiro atoms. The Kier molecular flexibility index (Phi) is 7.58. The zero-order valence-electron chi connectivity index (χ0n) is 17.0.